The molecule has 7 rings (SSSR count). The molecule has 4 saturated heterocycles. The molecular formula is C21H25N3O3. The van der Waals surface area contributed by atoms with E-state index in [9.17, 15) is 0 Å². The molecule has 0 amide bonds. The Labute approximate surface area is 159 Å². The van der Waals surface area contributed by atoms with Gasteiger partial charge in [-0.3, -0.25) is 9.80 Å². The van der Waals surface area contributed by atoms with Crippen molar-refractivity contribution in [2.75, 3.05) is 26.4 Å². The third-order valence-electron chi connectivity index (χ3n) is 6.95. The maximum absolute atomic E-state index is 5.65. The Balaban J connectivity index is 1.34. The van der Waals surface area contributed by atoms with Crippen LogP contribution in [0.25, 0.3) is 0 Å². The van der Waals surface area contributed by atoms with Gasteiger partial charge in [-0.1, -0.05) is 11.2 Å². The Morgan fingerprint density at radius 1 is 1.07 bits per heavy atom. The number of ether oxygens (including phenoxy) is 2. The summed E-state index contributed by atoms with van der Waals surface area (Å²) in [5.41, 5.74) is 2.33. The fourth-order valence-electron chi connectivity index (χ4n) is 5.85. The number of hydrogen-bond acceptors (Lipinski definition) is 6. The van der Waals surface area contributed by atoms with E-state index in [1.165, 1.54) is 31.5 Å². The summed E-state index contributed by atoms with van der Waals surface area (Å²) in [4.78, 5) is 5.38. The van der Waals surface area contributed by atoms with E-state index >= 15 is 0 Å². The molecule has 0 N–H and O–H groups in total. The van der Waals surface area contributed by atoms with Crippen molar-refractivity contribution >= 4 is 0 Å². The predicted molar refractivity (Wildman–Crippen MR) is 98.8 cm³/mol. The van der Waals surface area contributed by atoms with Crippen LogP contribution in [0.4, 0.5) is 0 Å². The first-order chi connectivity index (χ1) is 13.3. The smallest absolute Gasteiger partial charge is 0.231 e. The highest BCUT2D eigenvalue weighted by molar-refractivity contribution is 5.46. The van der Waals surface area contributed by atoms with Crippen molar-refractivity contribution < 1.29 is 14.0 Å². The minimum atomic E-state index is 0.334. The normalized spacial score (nSPS) is 34.2. The molecule has 27 heavy (non-hydrogen) atoms. The molecule has 6 heterocycles. The molecule has 0 unspecified atom stereocenters. The van der Waals surface area contributed by atoms with Crippen molar-refractivity contribution in [1.29, 1.82) is 0 Å². The third kappa shape index (κ3) is 2.50. The Morgan fingerprint density at radius 2 is 1.93 bits per heavy atom. The van der Waals surface area contributed by atoms with Crippen LogP contribution >= 0.6 is 0 Å². The number of piperidine rings is 3. The third-order valence-corrected chi connectivity index (χ3v) is 6.95. The van der Waals surface area contributed by atoms with Gasteiger partial charge in [0.15, 0.2) is 17.3 Å². The molecule has 6 heteroatoms. The van der Waals surface area contributed by atoms with Gasteiger partial charge in [0.2, 0.25) is 6.79 Å². The molecule has 5 aliphatic rings. The maximum atomic E-state index is 5.65. The number of benzene rings is 1. The fourth-order valence-corrected chi connectivity index (χ4v) is 5.85. The van der Waals surface area contributed by atoms with Gasteiger partial charge in [-0.25, -0.2) is 0 Å². The van der Waals surface area contributed by atoms with Crippen molar-refractivity contribution in [3.63, 3.8) is 0 Å². The topological polar surface area (TPSA) is 51.0 Å². The van der Waals surface area contributed by atoms with E-state index in [4.69, 9.17) is 14.0 Å². The van der Waals surface area contributed by atoms with Crippen LogP contribution in [0.2, 0.25) is 0 Å². The average molecular weight is 367 g/mol. The Bertz CT molecular complexity index is 858. The van der Waals surface area contributed by atoms with Gasteiger partial charge < -0.3 is 14.0 Å². The number of hydrogen-bond donors (Lipinski definition) is 0. The summed E-state index contributed by atoms with van der Waals surface area (Å²) in [6, 6.07) is 9.78. The number of aryl methyl sites for hydroxylation is 1. The summed E-state index contributed by atoms with van der Waals surface area (Å²) in [5.74, 6) is 4.03. The second-order valence-corrected chi connectivity index (χ2v) is 8.44. The highest BCUT2D eigenvalue weighted by Crippen LogP contribution is 2.48. The fraction of sp³-hybridized carbons (Fsp3) is 0.571. The maximum Gasteiger partial charge on any atom is 0.231 e. The van der Waals surface area contributed by atoms with Crippen LogP contribution in [0.3, 0.4) is 0 Å². The molecular weight excluding hydrogens is 342 g/mol. The molecule has 6 nitrogen and oxygen atoms in total. The van der Waals surface area contributed by atoms with E-state index in [0.29, 0.717) is 24.8 Å². The molecule has 142 valence electrons. The van der Waals surface area contributed by atoms with E-state index in [-0.39, 0.29) is 0 Å². The highest BCUT2D eigenvalue weighted by Gasteiger charge is 2.53. The first-order valence-electron chi connectivity index (χ1n) is 10.1. The van der Waals surface area contributed by atoms with E-state index in [1.54, 1.807) is 0 Å². The zero-order chi connectivity index (χ0) is 18.0. The summed E-state index contributed by atoms with van der Waals surface area (Å²) in [6.07, 6.45) is 2.64. The molecule has 5 aliphatic heterocycles. The van der Waals surface area contributed by atoms with Crippen LogP contribution in [-0.4, -0.2) is 53.5 Å². The lowest BCUT2D eigenvalue weighted by atomic mass is 9.75. The van der Waals surface area contributed by atoms with Crippen LogP contribution in [0.5, 0.6) is 11.5 Å². The van der Waals surface area contributed by atoms with Crippen LogP contribution < -0.4 is 9.47 Å². The molecule has 0 aliphatic carbocycles. The number of likely N-dealkylation sites (tertiary alicyclic amines) is 1. The number of fused-ring (bicyclic) bond motifs is 3. The van der Waals surface area contributed by atoms with Gasteiger partial charge in [0.1, 0.15) is 0 Å². The molecule has 2 aromatic rings. The van der Waals surface area contributed by atoms with E-state index in [1.807, 2.05) is 6.92 Å². The van der Waals surface area contributed by atoms with Crippen molar-refractivity contribution in [3.05, 3.63) is 41.3 Å². The van der Waals surface area contributed by atoms with Gasteiger partial charge in [0, 0.05) is 30.6 Å². The lowest BCUT2D eigenvalue weighted by Gasteiger charge is -2.51. The van der Waals surface area contributed by atoms with Gasteiger partial charge >= 0.3 is 0 Å². The molecule has 0 radical (unpaired) electrons. The summed E-state index contributed by atoms with van der Waals surface area (Å²) < 4.78 is 16.7. The molecule has 1 aromatic carbocycles. The monoisotopic (exact) mass is 367 g/mol. The lowest BCUT2D eigenvalue weighted by molar-refractivity contribution is -0.0105. The van der Waals surface area contributed by atoms with Gasteiger partial charge in [0.05, 0.1) is 12.2 Å². The second kappa shape index (κ2) is 5.97. The first-order valence-corrected chi connectivity index (χ1v) is 10.1. The van der Waals surface area contributed by atoms with E-state index in [0.717, 1.165) is 42.0 Å². The van der Waals surface area contributed by atoms with Gasteiger partial charge in [0.25, 0.3) is 0 Å². The Hall–Kier alpha value is -2.05. The van der Waals surface area contributed by atoms with Gasteiger partial charge in [-0.15, -0.1) is 0 Å². The zero-order valence-electron chi connectivity index (χ0n) is 15.6. The molecule has 3 atom stereocenters. The quantitative estimate of drug-likeness (QED) is 0.832. The summed E-state index contributed by atoms with van der Waals surface area (Å²) in [5, 5.41) is 4.08. The summed E-state index contributed by atoms with van der Waals surface area (Å²) >= 11 is 0. The van der Waals surface area contributed by atoms with Crippen molar-refractivity contribution in [3.8, 4) is 11.5 Å². The van der Waals surface area contributed by atoms with Crippen LogP contribution in [-0.2, 0) is 6.54 Å². The van der Waals surface area contributed by atoms with E-state index < -0.39 is 0 Å². The molecule has 4 fully saturated rings. The number of aromatic nitrogens is 1. The average Bonchev–Trinajstić information content (AvgIpc) is 3.42. The zero-order valence-corrected chi connectivity index (χ0v) is 15.6. The van der Waals surface area contributed by atoms with E-state index in [2.05, 4.69) is 39.2 Å². The van der Waals surface area contributed by atoms with Crippen LogP contribution in [0.1, 0.15) is 35.8 Å². The molecule has 0 saturated carbocycles. The largest absolute Gasteiger partial charge is 0.454 e. The Kier molecular flexibility index (Phi) is 3.53. The molecule has 2 bridgehead atoms. The van der Waals surface area contributed by atoms with Gasteiger partial charge in [-0.2, -0.15) is 0 Å². The second-order valence-electron chi connectivity index (χ2n) is 8.44. The standard InChI is InChI=1S/C21H25N3O3/c1-13-8-16(27-22-13)10-24-11-17(15-2-3-18-19(9-15)26-12-25-18)21-20(24)14-4-6-23(21)7-5-14/h2-3,8-9,14,17,20-21H,4-7,10-12H2,1H3/t17-,20+,21+/m1/s1. The van der Waals surface area contributed by atoms with Crippen molar-refractivity contribution in [1.82, 2.24) is 15.0 Å². The van der Waals surface area contributed by atoms with Crippen molar-refractivity contribution in [2.24, 2.45) is 5.92 Å². The first kappa shape index (κ1) is 16.0. The van der Waals surface area contributed by atoms with Gasteiger partial charge in [-0.05, 0) is 56.5 Å². The minimum Gasteiger partial charge on any atom is -0.454 e. The molecule has 1 aromatic heterocycles. The number of rotatable bonds is 3. The highest BCUT2D eigenvalue weighted by atomic mass is 16.7. The predicted octanol–water partition coefficient (Wildman–Crippen LogP) is 2.77. The summed E-state index contributed by atoms with van der Waals surface area (Å²) in [7, 11) is 0. The van der Waals surface area contributed by atoms with Crippen molar-refractivity contribution in [2.45, 2.75) is 44.3 Å². The van der Waals surface area contributed by atoms with Crippen LogP contribution in [0, 0.1) is 12.8 Å². The molecule has 0 spiro atoms. The lowest BCUT2D eigenvalue weighted by Crippen LogP contribution is -2.59. The Morgan fingerprint density at radius 3 is 2.74 bits per heavy atom. The van der Waals surface area contributed by atoms with Crippen LogP contribution in [0.15, 0.2) is 28.8 Å². The summed E-state index contributed by atoms with van der Waals surface area (Å²) in [6.45, 7) is 6.71. The number of nitrogens with zero attached hydrogens (tertiary/aromatic N) is 3. The minimum absolute atomic E-state index is 0.334. The SMILES string of the molecule is Cc1cc(CN2C[C@H](c3ccc4c(c3)OCO4)[C@H]3[C@@H]2C2CCN3CC2)on1.